The van der Waals surface area contributed by atoms with Crippen molar-refractivity contribution in [3.8, 4) is 11.1 Å². The summed E-state index contributed by atoms with van der Waals surface area (Å²) in [5.74, 6) is 0. The molecule has 1 fully saturated rings. The molecule has 1 saturated heterocycles. The van der Waals surface area contributed by atoms with Crippen LogP contribution in [0.25, 0.3) is 11.1 Å². The molecule has 1 unspecified atom stereocenters. The topological polar surface area (TPSA) is 21.8 Å². The van der Waals surface area contributed by atoms with Crippen molar-refractivity contribution in [3.63, 3.8) is 0 Å². The number of epoxide rings is 1. The molecule has 2 aromatic rings. The Kier molecular flexibility index (Phi) is 4.46. The largest absolute Gasteiger partial charge is 0.379 e. The molecule has 2 nitrogen and oxygen atoms in total. The normalized spacial score (nSPS) is 17.1. The van der Waals surface area contributed by atoms with Crippen molar-refractivity contribution in [2.24, 2.45) is 0 Å². The van der Waals surface area contributed by atoms with Crippen molar-refractivity contribution in [3.05, 3.63) is 60.2 Å². The van der Waals surface area contributed by atoms with Gasteiger partial charge in [0.1, 0.15) is 6.10 Å². The van der Waals surface area contributed by atoms with E-state index in [1.165, 1.54) is 16.7 Å². The monoisotopic (exact) mass is 268 g/mol. The molecule has 0 N–H and O–H groups in total. The van der Waals surface area contributed by atoms with Gasteiger partial charge in [0, 0.05) is 6.61 Å². The maximum Gasteiger partial charge on any atom is 0.104 e. The summed E-state index contributed by atoms with van der Waals surface area (Å²) in [5.41, 5.74) is 4.01. The van der Waals surface area contributed by atoms with E-state index in [1.807, 2.05) is 0 Å². The first-order valence-corrected chi connectivity index (χ1v) is 7.26. The van der Waals surface area contributed by atoms with Gasteiger partial charge in [0.15, 0.2) is 0 Å². The number of rotatable bonds is 7. The molecule has 2 heteroatoms. The molecule has 1 aliphatic rings. The van der Waals surface area contributed by atoms with E-state index >= 15 is 0 Å². The lowest BCUT2D eigenvalue weighted by Gasteiger charge is -2.09. The zero-order valence-electron chi connectivity index (χ0n) is 11.6. The van der Waals surface area contributed by atoms with E-state index in [2.05, 4.69) is 54.6 Å². The minimum Gasteiger partial charge on any atom is -0.379 e. The SMILES string of the molecule is c1ccc(-c2ccccc2CCCOCC2CO2)cc1. The highest BCUT2D eigenvalue weighted by Crippen LogP contribution is 2.24. The van der Waals surface area contributed by atoms with Crippen LogP contribution in [0.4, 0.5) is 0 Å². The Morgan fingerprint density at radius 2 is 1.75 bits per heavy atom. The first kappa shape index (κ1) is 13.3. The molecule has 3 rings (SSSR count). The molecule has 1 heterocycles. The van der Waals surface area contributed by atoms with Gasteiger partial charge in [0.25, 0.3) is 0 Å². The minimum absolute atomic E-state index is 0.367. The summed E-state index contributed by atoms with van der Waals surface area (Å²) in [4.78, 5) is 0. The molecule has 0 saturated carbocycles. The van der Waals surface area contributed by atoms with Crippen LogP contribution in [-0.4, -0.2) is 25.9 Å². The standard InChI is InChI=1S/C18H20O2/c1-2-7-15(8-3-1)18-11-5-4-9-16(18)10-6-12-19-13-17-14-20-17/h1-5,7-9,11,17H,6,10,12-14H2. The predicted molar refractivity (Wildman–Crippen MR) is 80.8 cm³/mol. The average molecular weight is 268 g/mol. The summed E-state index contributed by atoms with van der Waals surface area (Å²) in [7, 11) is 0. The van der Waals surface area contributed by atoms with Crippen molar-refractivity contribution in [2.75, 3.05) is 19.8 Å². The Morgan fingerprint density at radius 1 is 1.00 bits per heavy atom. The second-order valence-corrected chi connectivity index (χ2v) is 5.16. The lowest BCUT2D eigenvalue weighted by molar-refractivity contribution is 0.114. The molecular weight excluding hydrogens is 248 g/mol. The Labute approximate surface area is 120 Å². The van der Waals surface area contributed by atoms with E-state index in [0.29, 0.717) is 6.10 Å². The van der Waals surface area contributed by atoms with Gasteiger partial charge in [-0.15, -0.1) is 0 Å². The van der Waals surface area contributed by atoms with Crippen molar-refractivity contribution in [1.29, 1.82) is 0 Å². The van der Waals surface area contributed by atoms with Crippen LogP contribution < -0.4 is 0 Å². The predicted octanol–water partition coefficient (Wildman–Crippen LogP) is 3.70. The Hall–Kier alpha value is -1.64. The van der Waals surface area contributed by atoms with E-state index < -0.39 is 0 Å². The van der Waals surface area contributed by atoms with Crippen molar-refractivity contribution < 1.29 is 9.47 Å². The minimum atomic E-state index is 0.367. The zero-order chi connectivity index (χ0) is 13.6. The van der Waals surface area contributed by atoms with Gasteiger partial charge >= 0.3 is 0 Å². The number of aryl methyl sites for hydroxylation is 1. The third kappa shape index (κ3) is 3.69. The van der Waals surface area contributed by atoms with E-state index in [0.717, 1.165) is 32.7 Å². The molecule has 20 heavy (non-hydrogen) atoms. The van der Waals surface area contributed by atoms with Gasteiger partial charge in [-0.3, -0.25) is 0 Å². The van der Waals surface area contributed by atoms with Gasteiger partial charge in [-0.1, -0.05) is 54.6 Å². The Morgan fingerprint density at radius 3 is 2.55 bits per heavy atom. The highest BCUT2D eigenvalue weighted by molar-refractivity contribution is 5.67. The van der Waals surface area contributed by atoms with Crippen LogP contribution in [0.3, 0.4) is 0 Å². The third-order valence-corrected chi connectivity index (χ3v) is 3.54. The second-order valence-electron chi connectivity index (χ2n) is 5.16. The fraction of sp³-hybridized carbons (Fsp3) is 0.333. The average Bonchev–Trinajstić information content (AvgIpc) is 3.32. The summed E-state index contributed by atoms with van der Waals surface area (Å²) in [6, 6.07) is 19.2. The fourth-order valence-corrected chi connectivity index (χ4v) is 2.38. The molecule has 1 aliphatic heterocycles. The first-order valence-electron chi connectivity index (χ1n) is 7.26. The summed E-state index contributed by atoms with van der Waals surface area (Å²) < 4.78 is 10.7. The van der Waals surface area contributed by atoms with Crippen LogP contribution in [0.15, 0.2) is 54.6 Å². The molecule has 0 radical (unpaired) electrons. The van der Waals surface area contributed by atoms with Crippen LogP contribution in [-0.2, 0) is 15.9 Å². The van der Waals surface area contributed by atoms with Crippen LogP contribution in [0.5, 0.6) is 0 Å². The number of benzene rings is 2. The fourth-order valence-electron chi connectivity index (χ4n) is 2.38. The smallest absolute Gasteiger partial charge is 0.104 e. The molecule has 2 aromatic carbocycles. The van der Waals surface area contributed by atoms with Crippen molar-refractivity contribution >= 4 is 0 Å². The van der Waals surface area contributed by atoms with Gasteiger partial charge in [-0.25, -0.2) is 0 Å². The van der Waals surface area contributed by atoms with E-state index in [1.54, 1.807) is 0 Å². The summed E-state index contributed by atoms with van der Waals surface area (Å²) >= 11 is 0. The number of ether oxygens (including phenoxy) is 2. The summed E-state index contributed by atoms with van der Waals surface area (Å²) in [6.45, 7) is 2.43. The summed E-state index contributed by atoms with van der Waals surface area (Å²) in [5, 5.41) is 0. The molecule has 0 bridgehead atoms. The molecule has 0 amide bonds. The van der Waals surface area contributed by atoms with Crippen LogP contribution >= 0.6 is 0 Å². The Bertz CT molecular complexity index is 532. The van der Waals surface area contributed by atoms with Gasteiger partial charge in [-0.2, -0.15) is 0 Å². The van der Waals surface area contributed by atoms with Crippen LogP contribution in [0, 0.1) is 0 Å². The zero-order valence-corrected chi connectivity index (χ0v) is 11.6. The van der Waals surface area contributed by atoms with E-state index in [9.17, 15) is 0 Å². The van der Waals surface area contributed by atoms with E-state index in [-0.39, 0.29) is 0 Å². The highest BCUT2D eigenvalue weighted by Gasteiger charge is 2.21. The molecule has 0 aromatic heterocycles. The Balaban J connectivity index is 1.58. The van der Waals surface area contributed by atoms with Crippen molar-refractivity contribution in [1.82, 2.24) is 0 Å². The lowest BCUT2D eigenvalue weighted by Crippen LogP contribution is -2.03. The van der Waals surface area contributed by atoms with Gasteiger partial charge in [0.05, 0.1) is 13.2 Å². The van der Waals surface area contributed by atoms with E-state index in [4.69, 9.17) is 9.47 Å². The maximum absolute atomic E-state index is 5.60. The quantitative estimate of drug-likeness (QED) is 0.564. The maximum atomic E-state index is 5.60. The van der Waals surface area contributed by atoms with Gasteiger partial charge in [0.2, 0.25) is 0 Å². The molecule has 0 spiro atoms. The molecular formula is C18H20O2. The second kappa shape index (κ2) is 6.69. The number of hydrogen-bond acceptors (Lipinski definition) is 2. The van der Waals surface area contributed by atoms with Gasteiger partial charge in [-0.05, 0) is 29.5 Å². The summed E-state index contributed by atoms with van der Waals surface area (Å²) in [6.07, 6.45) is 2.47. The lowest BCUT2D eigenvalue weighted by atomic mass is 9.97. The highest BCUT2D eigenvalue weighted by atomic mass is 16.6. The first-order chi connectivity index (χ1) is 9.93. The van der Waals surface area contributed by atoms with Gasteiger partial charge < -0.3 is 9.47 Å². The van der Waals surface area contributed by atoms with Crippen LogP contribution in [0.2, 0.25) is 0 Å². The van der Waals surface area contributed by atoms with Crippen LogP contribution in [0.1, 0.15) is 12.0 Å². The molecule has 104 valence electrons. The van der Waals surface area contributed by atoms with Crippen molar-refractivity contribution in [2.45, 2.75) is 18.9 Å². The number of hydrogen-bond donors (Lipinski definition) is 0. The third-order valence-electron chi connectivity index (χ3n) is 3.54. The molecule has 1 atom stereocenters. The molecule has 0 aliphatic carbocycles.